The first-order valence-corrected chi connectivity index (χ1v) is 7.79. The predicted octanol–water partition coefficient (Wildman–Crippen LogP) is 2.86. The molecule has 0 aromatic heterocycles. The van der Waals surface area contributed by atoms with Gasteiger partial charge in [-0.05, 0) is 55.3 Å². The zero-order valence-corrected chi connectivity index (χ0v) is 11.2. The minimum Gasteiger partial charge on any atom is -0.481 e. The second-order valence-corrected chi connectivity index (χ2v) is 6.88. The van der Waals surface area contributed by atoms with Crippen LogP contribution in [0.4, 0.5) is 0 Å². The average molecular weight is 262 g/mol. The third-order valence-electron chi connectivity index (χ3n) is 5.94. The lowest BCUT2D eigenvalue weighted by Gasteiger charge is -2.33. The fourth-order valence-corrected chi connectivity index (χ4v) is 5.30. The van der Waals surface area contributed by atoms with E-state index in [4.69, 9.17) is 9.84 Å². The highest BCUT2D eigenvalue weighted by molar-refractivity contribution is 5.66. The minimum absolute atomic E-state index is 0.321. The van der Waals surface area contributed by atoms with Gasteiger partial charge in [-0.25, -0.2) is 0 Å². The predicted molar refractivity (Wildman–Crippen MR) is 70.6 cm³/mol. The van der Waals surface area contributed by atoms with Crippen LogP contribution in [0.2, 0.25) is 0 Å². The summed E-state index contributed by atoms with van der Waals surface area (Å²) in [7, 11) is 0. The Morgan fingerprint density at radius 3 is 2.74 bits per heavy atom. The number of ether oxygens (including phenoxy) is 1. The fourth-order valence-electron chi connectivity index (χ4n) is 5.30. The smallest absolute Gasteiger partial charge is 0.303 e. The molecule has 0 radical (unpaired) electrons. The van der Waals surface area contributed by atoms with Gasteiger partial charge < -0.3 is 9.84 Å². The molecule has 2 heterocycles. The molecule has 2 aliphatic heterocycles. The molecule has 4 aliphatic rings. The molecule has 2 aliphatic carbocycles. The average Bonchev–Trinajstić information content (AvgIpc) is 3.10. The molecule has 104 valence electrons. The molecule has 1 N–H and O–H groups in total. The SMILES string of the molecule is O=C(O)CCCCC1CC2OC1C1C3C=CC(C3)C21. The number of allylic oxidation sites excluding steroid dienone is 2. The van der Waals surface area contributed by atoms with Crippen molar-refractivity contribution in [2.45, 2.75) is 50.7 Å². The first kappa shape index (κ1) is 12.0. The van der Waals surface area contributed by atoms with Gasteiger partial charge in [0.2, 0.25) is 0 Å². The van der Waals surface area contributed by atoms with Gasteiger partial charge in [-0.2, -0.15) is 0 Å². The van der Waals surface area contributed by atoms with Crippen molar-refractivity contribution in [2.24, 2.45) is 29.6 Å². The van der Waals surface area contributed by atoms with Gasteiger partial charge in [0.1, 0.15) is 0 Å². The van der Waals surface area contributed by atoms with Crippen LogP contribution in [0.1, 0.15) is 38.5 Å². The van der Waals surface area contributed by atoms with Crippen LogP contribution in [0, 0.1) is 29.6 Å². The molecule has 2 saturated heterocycles. The molecule has 3 heteroatoms. The zero-order valence-electron chi connectivity index (χ0n) is 11.2. The number of carboxylic acids is 1. The molecular weight excluding hydrogens is 240 g/mol. The van der Waals surface area contributed by atoms with E-state index in [2.05, 4.69) is 12.2 Å². The molecule has 1 saturated carbocycles. The first-order valence-electron chi connectivity index (χ1n) is 7.79. The van der Waals surface area contributed by atoms with Crippen molar-refractivity contribution >= 4 is 5.97 Å². The molecule has 3 nitrogen and oxygen atoms in total. The van der Waals surface area contributed by atoms with Crippen LogP contribution < -0.4 is 0 Å². The van der Waals surface area contributed by atoms with Crippen molar-refractivity contribution in [3.63, 3.8) is 0 Å². The minimum atomic E-state index is -0.664. The fraction of sp³-hybridized carbons (Fsp3) is 0.812. The molecule has 3 fully saturated rings. The Hall–Kier alpha value is -0.830. The van der Waals surface area contributed by atoms with Crippen molar-refractivity contribution in [3.8, 4) is 0 Å². The quantitative estimate of drug-likeness (QED) is 0.612. The number of hydrogen-bond acceptors (Lipinski definition) is 2. The molecule has 7 unspecified atom stereocenters. The van der Waals surface area contributed by atoms with E-state index in [1.54, 1.807) is 0 Å². The maximum absolute atomic E-state index is 10.5. The van der Waals surface area contributed by atoms with Crippen molar-refractivity contribution in [1.82, 2.24) is 0 Å². The number of carbonyl (C=O) groups is 1. The third kappa shape index (κ3) is 1.78. The Bertz CT molecular complexity index is 416. The molecule has 0 aromatic carbocycles. The van der Waals surface area contributed by atoms with E-state index in [1.807, 2.05) is 0 Å². The van der Waals surface area contributed by atoms with E-state index in [1.165, 1.54) is 19.3 Å². The van der Waals surface area contributed by atoms with Gasteiger partial charge >= 0.3 is 5.97 Å². The van der Waals surface area contributed by atoms with Gasteiger partial charge in [0.25, 0.3) is 0 Å². The second-order valence-electron chi connectivity index (χ2n) is 6.88. The number of fused-ring (bicyclic) bond motifs is 9. The van der Waals surface area contributed by atoms with Crippen molar-refractivity contribution in [3.05, 3.63) is 12.2 Å². The summed E-state index contributed by atoms with van der Waals surface area (Å²) in [5, 5.41) is 8.67. The van der Waals surface area contributed by atoms with E-state index in [9.17, 15) is 4.79 Å². The zero-order chi connectivity index (χ0) is 13.0. The summed E-state index contributed by atoms with van der Waals surface area (Å²) in [5.41, 5.74) is 0. The Morgan fingerprint density at radius 1 is 1.16 bits per heavy atom. The van der Waals surface area contributed by atoms with Gasteiger partial charge in [-0.3, -0.25) is 4.79 Å². The maximum Gasteiger partial charge on any atom is 0.303 e. The molecule has 0 aromatic rings. The lowest BCUT2D eigenvalue weighted by Crippen LogP contribution is -2.35. The molecule has 0 amide bonds. The summed E-state index contributed by atoms with van der Waals surface area (Å²) >= 11 is 0. The lowest BCUT2D eigenvalue weighted by molar-refractivity contribution is -0.137. The van der Waals surface area contributed by atoms with Gasteiger partial charge in [0, 0.05) is 6.42 Å². The van der Waals surface area contributed by atoms with Crippen LogP contribution in [0.5, 0.6) is 0 Å². The summed E-state index contributed by atoms with van der Waals surface area (Å²) < 4.78 is 6.25. The summed E-state index contributed by atoms with van der Waals surface area (Å²) in [4.78, 5) is 10.5. The van der Waals surface area contributed by atoms with Crippen LogP contribution in [0.15, 0.2) is 12.2 Å². The van der Waals surface area contributed by atoms with Gasteiger partial charge in [0.05, 0.1) is 12.2 Å². The van der Waals surface area contributed by atoms with Gasteiger partial charge in [-0.1, -0.05) is 18.6 Å². The van der Waals surface area contributed by atoms with E-state index in [0.29, 0.717) is 24.5 Å². The van der Waals surface area contributed by atoms with Crippen molar-refractivity contribution in [2.75, 3.05) is 0 Å². The van der Waals surface area contributed by atoms with Crippen molar-refractivity contribution in [1.29, 1.82) is 0 Å². The molecular formula is C16H22O3. The van der Waals surface area contributed by atoms with Crippen LogP contribution in [0.3, 0.4) is 0 Å². The molecule has 4 bridgehead atoms. The van der Waals surface area contributed by atoms with Crippen LogP contribution in [-0.4, -0.2) is 23.3 Å². The Labute approximate surface area is 114 Å². The molecule has 19 heavy (non-hydrogen) atoms. The number of hydrogen-bond donors (Lipinski definition) is 1. The Kier molecular flexibility index (Phi) is 2.73. The summed E-state index contributed by atoms with van der Waals surface area (Å²) in [6.07, 6.45) is 11.8. The lowest BCUT2D eigenvalue weighted by atomic mass is 9.68. The van der Waals surface area contributed by atoms with E-state index in [0.717, 1.165) is 36.5 Å². The van der Waals surface area contributed by atoms with E-state index >= 15 is 0 Å². The normalized spacial score (nSPS) is 48.9. The van der Waals surface area contributed by atoms with Crippen LogP contribution >= 0.6 is 0 Å². The number of carboxylic acid groups (broad SMARTS) is 1. The number of aliphatic carboxylic acids is 1. The van der Waals surface area contributed by atoms with E-state index in [-0.39, 0.29) is 0 Å². The van der Waals surface area contributed by atoms with Gasteiger partial charge in [0.15, 0.2) is 0 Å². The monoisotopic (exact) mass is 262 g/mol. The molecule has 0 spiro atoms. The highest BCUT2D eigenvalue weighted by Gasteiger charge is 2.61. The third-order valence-corrected chi connectivity index (χ3v) is 5.94. The number of unbranched alkanes of at least 4 members (excludes halogenated alkanes) is 1. The van der Waals surface area contributed by atoms with E-state index < -0.39 is 5.97 Å². The van der Waals surface area contributed by atoms with Crippen molar-refractivity contribution < 1.29 is 14.6 Å². The Morgan fingerprint density at radius 2 is 1.95 bits per heavy atom. The largest absolute Gasteiger partial charge is 0.481 e. The summed E-state index contributed by atoms with van der Waals surface area (Å²) in [6.45, 7) is 0. The molecule has 7 atom stereocenters. The van der Waals surface area contributed by atoms with Crippen LogP contribution in [-0.2, 0) is 9.53 Å². The summed E-state index contributed by atoms with van der Waals surface area (Å²) in [6, 6.07) is 0. The highest BCUT2D eigenvalue weighted by Crippen LogP contribution is 2.62. The second kappa shape index (κ2) is 4.34. The first-order chi connectivity index (χ1) is 9.24. The molecule has 4 rings (SSSR count). The standard InChI is InChI=1S/C16H22O3/c17-13(18)4-2-1-3-11-8-12-14-9-5-6-10(7-9)15(14)16(11)19-12/h5-6,9-12,14-16H,1-4,7-8H2,(H,17,18). The summed E-state index contributed by atoms with van der Waals surface area (Å²) in [5.74, 6) is 3.23. The number of rotatable bonds is 5. The highest BCUT2D eigenvalue weighted by atomic mass is 16.5. The Balaban J connectivity index is 1.35. The van der Waals surface area contributed by atoms with Gasteiger partial charge in [-0.15, -0.1) is 0 Å². The topological polar surface area (TPSA) is 46.5 Å². The maximum atomic E-state index is 10.5. The van der Waals surface area contributed by atoms with Crippen LogP contribution in [0.25, 0.3) is 0 Å².